The summed E-state index contributed by atoms with van der Waals surface area (Å²) in [6.45, 7) is 3.89. The summed E-state index contributed by atoms with van der Waals surface area (Å²) >= 11 is 0. The Balaban J connectivity index is 2.14. The number of benzene rings is 1. The van der Waals surface area contributed by atoms with E-state index in [1.165, 1.54) is 0 Å². The van der Waals surface area contributed by atoms with Gasteiger partial charge in [-0.3, -0.25) is 9.71 Å². The second-order valence-corrected chi connectivity index (χ2v) is 6.77. The fraction of sp³-hybridized carbons (Fsp3) is 0.267. The zero-order chi connectivity index (χ0) is 15.5. The number of rotatable bonds is 5. The zero-order valence-corrected chi connectivity index (χ0v) is 13.1. The van der Waals surface area contributed by atoms with Gasteiger partial charge in [-0.05, 0) is 49.7 Å². The molecule has 0 fully saturated rings. The molecule has 2 N–H and O–H groups in total. The third-order valence-electron chi connectivity index (χ3n) is 3.04. The molecule has 0 aliphatic rings. The van der Waals surface area contributed by atoms with E-state index in [2.05, 4.69) is 15.0 Å². The normalized spacial score (nSPS) is 12.7. The lowest BCUT2D eigenvalue weighted by atomic mass is 10.1. The molecule has 2 rings (SSSR count). The average Bonchev–Trinajstić information content (AvgIpc) is 2.41. The van der Waals surface area contributed by atoms with Gasteiger partial charge in [0, 0.05) is 11.9 Å². The molecule has 0 aliphatic heterocycles. The van der Waals surface area contributed by atoms with Crippen LogP contribution in [0.4, 0.5) is 11.4 Å². The minimum absolute atomic E-state index is 0.0688. The first-order valence-electron chi connectivity index (χ1n) is 6.61. The number of aromatic nitrogens is 1. The number of anilines is 2. The van der Waals surface area contributed by atoms with Crippen LogP contribution in [0, 0.1) is 6.92 Å². The number of aryl methyl sites for hydroxylation is 1. The SMILES string of the molecule is Cc1cc(NC(C)c2ccccn2)ccc1NS(C)(=O)=O. The van der Waals surface area contributed by atoms with E-state index in [1.807, 2.05) is 44.2 Å². The Labute approximate surface area is 125 Å². The molecule has 1 heterocycles. The third-order valence-corrected chi connectivity index (χ3v) is 3.63. The van der Waals surface area contributed by atoms with Gasteiger partial charge in [0.25, 0.3) is 0 Å². The highest BCUT2D eigenvalue weighted by Gasteiger charge is 2.09. The van der Waals surface area contributed by atoms with Crippen molar-refractivity contribution in [3.05, 3.63) is 53.9 Å². The first kappa shape index (κ1) is 15.3. The Kier molecular flexibility index (Phi) is 4.47. The predicted octanol–water partition coefficient (Wildman–Crippen LogP) is 2.93. The van der Waals surface area contributed by atoms with Gasteiger partial charge in [0.15, 0.2) is 0 Å². The van der Waals surface area contributed by atoms with Crippen molar-refractivity contribution in [2.45, 2.75) is 19.9 Å². The van der Waals surface area contributed by atoms with Crippen molar-refractivity contribution >= 4 is 21.4 Å². The van der Waals surface area contributed by atoms with Gasteiger partial charge in [0.1, 0.15) is 0 Å². The highest BCUT2D eigenvalue weighted by molar-refractivity contribution is 7.92. The lowest BCUT2D eigenvalue weighted by molar-refractivity contribution is 0.607. The second kappa shape index (κ2) is 6.13. The van der Waals surface area contributed by atoms with Gasteiger partial charge in [0.2, 0.25) is 10.0 Å². The fourth-order valence-electron chi connectivity index (χ4n) is 2.02. The van der Waals surface area contributed by atoms with Gasteiger partial charge in [-0.1, -0.05) is 6.07 Å². The number of nitrogens with zero attached hydrogens (tertiary/aromatic N) is 1. The Morgan fingerprint density at radius 1 is 1.19 bits per heavy atom. The molecule has 2 aromatic rings. The lowest BCUT2D eigenvalue weighted by Crippen LogP contribution is -2.11. The van der Waals surface area contributed by atoms with Crippen molar-refractivity contribution in [2.24, 2.45) is 0 Å². The number of hydrogen-bond acceptors (Lipinski definition) is 4. The maximum atomic E-state index is 11.3. The smallest absolute Gasteiger partial charge is 0.229 e. The van der Waals surface area contributed by atoms with Gasteiger partial charge >= 0.3 is 0 Å². The van der Waals surface area contributed by atoms with Crippen LogP contribution in [-0.4, -0.2) is 19.7 Å². The first-order valence-corrected chi connectivity index (χ1v) is 8.50. The van der Waals surface area contributed by atoms with E-state index in [9.17, 15) is 8.42 Å². The van der Waals surface area contributed by atoms with E-state index >= 15 is 0 Å². The van der Waals surface area contributed by atoms with Crippen molar-refractivity contribution in [2.75, 3.05) is 16.3 Å². The van der Waals surface area contributed by atoms with Crippen LogP contribution in [0.2, 0.25) is 0 Å². The van der Waals surface area contributed by atoms with E-state index in [4.69, 9.17) is 0 Å². The molecule has 0 bridgehead atoms. The van der Waals surface area contributed by atoms with E-state index < -0.39 is 10.0 Å². The molecule has 1 aromatic heterocycles. The van der Waals surface area contributed by atoms with E-state index in [-0.39, 0.29) is 6.04 Å². The summed E-state index contributed by atoms with van der Waals surface area (Å²) in [7, 11) is -3.26. The van der Waals surface area contributed by atoms with E-state index in [1.54, 1.807) is 12.3 Å². The Hall–Kier alpha value is -2.08. The minimum Gasteiger partial charge on any atom is -0.377 e. The van der Waals surface area contributed by atoms with Crippen LogP contribution in [-0.2, 0) is 10.0 Å². The van der Waals surface area contributed by atoms with Crippen molar-refractivity contribution in [1.82, 2.24) is 4.98 Å². The van der Waals surface area contributed by atoms with Crippen molar-refractivity contribution in [3.8, 4) is 0 Å². The first-order chi connectivity index (χ1) is 9.85. The molecule has 0 radical (unpaired) electrons. The molecule has 1 unspecified atom stereocenters. The highest BCUT2D eigenvalue weighted by atomic mass is 32.2. The lowest BCUT2D eigenvalue weighted by Gasteiger charge is -2.16. The fourth-order valence-corrected chi connectivity index (χ4v) is 2.65. The van der Waals surface area contributed by atoms with Crippen LogP contribution in [0.5, 0.6) is 0 Å². The summed E-state index contributed by atoms with van der Waals surface area (Å²) in [6, 6.07) is 11.4. The van der Waals surface area contributed by atoms with E-state index in [0.29, 0.717) is 5.69 Å². The molecule has 1 aromatic carbocycles. The van der Waals surface area contributed by atoms with Gasteiger partial charge in [-0.2, -0.15) is 0 Å². The number of sulfonamides is 1. The van der Waals surface area contributed by atoms with E-state index in [0.717, 1.165) is 23.2 Å². The standard InChI is InChI=1S/C15H19N3O2S/c1-11-10-13(7-8-14(11)18-21(3,19)20)17-12(2)15-6-4-5-9-16-15/h4-10,12,17-18H,1-3H3. The molecule has 0 amide bonds. The van der Waals surface area contributed by atoms with Gasteiger partial charge in [-0.15, -0.1) is 0 Å². The van der Waals surface area contributed by atoms with Gasteiger partial charge in [0.05, 0.1) is 23.7 Å². The quantitative estimate of drug-likeness (QED) is 0.891. The van der Waals surface area contributed by atoms with Gasteiger partial charge in [-0.25, -0.2) is 8.42 Å². The molecule has 6 heteroatoms. The van der Waals surface area contributed by atoms with Crippen LogP contribution >= 0.6 is 0 Å². The maximum Gasteiger partial charge on any atom is 0.229 e. The zero-order valence-electron chi connectivity index (χ0n) is 12.3. The number of hydrogen-bond donors (Lipinski definition) is 2. The van der Waals surface area contributed by atoms with Crippen molar-refractivity contribution in [3.63, 3.8) is 0 Å². The Bertz CT molecular complexity index is 715. The molecular weight excluding hydrogens is 286 g/mol. The van der Waals surface area contributed by atoms with Crippen LogP contribution < -0.4 is 10.0 Å². The predicted molar refractivity (Wildman–Crippen MR) is 85.9 cm³/mol. The molecule has 1 atom stereocenters. The molecule has 5 nitrogen and oxygen atoms in total. The molecular formula is C15H19N3O2S. The average molecular weight is 305 g/mol. The number of pyridine rings is 1. The van der Waals surface area contributed by atoms with Crippen molar-refractivity contribution < 1.29 is 8.42 Å². The largest absolute Gasteiger partial charge is 0.377 e. The van der Waals surface area contributed by atoms with Crippen LogP contribution in [0.25, 0.3) is 0 Å². The Morgan fingerprint density at radius 2 is 1.95 bits per heavy atom. The topological polar surface area (TPSA) is 71.1 Å². The molecule has 0 aliphatic carbocycles. The van der Waals surface area contributed by atoms with Gasteiger partial charge < -0.3 is 5.32 Å². The summed E-state index contributed by atoms with van der Waals surface area (Å²) in [6.07, 6.45) is 2.90. The Morgan fingerprint density at radius 3 is 2.52 bits per heavy atom. The third kappa shape index (κ3) is 4.46. The summed E-state index contributed by atoms with van der Waals surface area (Å²) in [5.41, 5.74) is 3.32. The minimum atomic E-state index is -3.26. The summed E-state index contributed by atoms with van der Waals surface area (Å²) in [5.74, 6) is 0. The maximum absolute atomic E-state index is 11.3. The van der Waals surface area contributed by atoms with Crippen LogP contribution in [0.3, 0.4) is 0 Å². The summed E-state index contributed by atoms with van der Waals surface area (Å²) in [5, 5.41) is 3.35. The summed E-state index contributed by atoms with van der Waals surface area (Å²) < 4.78 is 25.0. The molecule has 0 saturated carbocycles. The molecule has 0 saturated heterocycles. The second-order valence-electron chi connectivity index (χ2n) is 5.02. The summed E-state index contributed by atoms with van der Waals surface area (Å²) in [4.78, 5) is 4.31. The van der Waals surface area contributed by atoms with Crippen LogP contribution in [0.15, 0.2) is 42.6 Å². The molecule has 21 heavy (non-hydrogen) atoms. The van der Waals surface area contributed by atoms with Crippen molar-refractivity contribution in [1.29, 1.82) is 0 Å². The molecule has 0 spiro atoms. The monoisotopic (exact) mass is 305 g/mol. The molecule has 112 valence electrons. The number of nitrogens with one attached hydrogen (secondary N) is 2. The van der Waals surface area contributed by atoms with Crippen LogP contribution in [0.1, 0.15) is 24.2 Å². The highest BCUT2D eigenvalue weighted by Crippen LogP contribution is 2.23.